The van der Waals surface area contributed by atoms with Gasteiger partial charge < -0.3 is 28.4 Å². The normalized spacial score (nSPS) is 9.67. The molecule has 0 radical (unpaired) electrons. The minimum atomic E-state index is -1.07. The highest BCUT2D eigenvalue weighted by Crippen LogP contribution is 2.24. The highest BCUT2D eigenvalue weighted by molar-refractivity contribution is 5.69. The van der Waals surface area contributed by atoms with Crippen LogP contribution >= 0.6 is 0 Å². The molecule has 0 heterocycles. The third-order valence-electron chi connectivity index (χ3n) is 8.16. The largest absolute Gasteiger partial charge is 0.519 e. The zero-order valence-corrected chi connectivity index (χ0v) is 36.1. The predicted molar refractivity (Wildman–Crippen MR) is 245 cm³/mol. The molecule has 7 aromatic rings. The van der Waals surface area contributed by atoms with E-state index in [0.29, 0.717) is 0 Å². The van der Waals surface area contributed by atoms with Gasteiger partial charge in [0.1, 0.15) is 34.5 Å². The van der Waals surface area contributed by atoms with Gasteiger partial charge >= 0.3 is 18.5 Å². The van der Waals surface area contributed by atoms with E-state index in [4.69, 9.17) is 28.4 Å². The van der Waals surface area contributed by atoms with Crippen LogP contribution in [0.2, 0.25) is 0 Å². The summed E-state index contributed by atoms with van der Waals surface area (Å²) in [5, 5.41) is 62.9. The van der Waals surface area contributed by atoms with Crippen LogP contribution < -0.4 is 28.4 Å². The van der Waals surface area contributed by atoms with Gasteiger partial charge in [-0.2, -0.15) is 0 Å². The van der Waals surface area contributed by atoms with E-state index in [0.717, 1.165) is 0 Å². The molecule has 0 spiro atoms. The molecule has 72 heavy (non-hydrogen) atoms. The fraction of sp³-hybridized carbons (Fsp3) is 0. The average Bonchev–Trinajstić information content (AvgIpc) is 3.36. The van der Waals surface area contributed by atoms with Crippen LogP contribution in [-0.2, 0) is 0 Å². The number of carbonyl (C=O) groups is 3. The summed E-state index contributed by atoms with van der Waals surface area (Å²) in [7, 11) is 0. The molecule has 0 fully saturated rings. The van der Waals surface area contributed by atoms with Gasteiger partial charge in [0.2, 0.25) is 0 Å². The van der Waals surface area contributed by atoms with Crippen LogP contribution in [0, 0.1) is 60.7 Å². The standard InChI is InChI=1S/3C13H8N2O7.C6H6/c3*16-13(21-11-5-1-9(2-6-11)14(17)18)22-12-7-3-10(4-8-12)15(19)20;1-2-4-6-5-3-1/h3*1-8H;1-6H. The molecular weight excluding hydrogens is 961 g/mol. The fourth-order valence-electron chi connectivity index (χ4n) is 4.84. The monoisotopic (exact) mass is 990 g/mol. The highest BCUT2D eigenvalue weighted by atomic mass is 16.7. The molecule has 27 heteroatoms. The fourth-order valence-corrected chi connectivity index (χ4v) is 4.84. The number of rotatable bonds is 12. The number of hydrogen-bond donors (Lipinski definition) is 0. The van der Waals surface area contributed by atoms with Crippen molar-refractivity contribution < 1.29 is 72.3 Å². The first-order chi connectivity index (χ1) is 34.4. The van der Waals surface area contributed by atoms with E-state index in [9.17, 15) is 75.1 Å². The van der Waals surface area contributed by atoms with Gasteiger partial charge in [-0.3, -0.25) is 60.7 Å². The summed E-state index contributed by atoms with van der Waals surface area (Å²) in [5.41, 5.74) is -0.855. The van der Waals surface area contributed by atoms with E-state index in [1.165, 1.54) is 146 Å². The maximum absolute atomic E-state index is 11.5. The zero-order chi connectivity index (χ0) is 52.6. The molecule has 0 aromatic heterocycles. The molecule has 0 saturated carbocycles. The molecule has 0 saturated heterocycles. The second kappa shape index (κ2) is 26.8. The minimum absolute atomic E-state index is 0.0671. The average molecular weight is 991 g/mol. The Morgan fingerprint density at radius 3 is 0.444 bits per heavy atom. The summed E-state index contributed by atoms with van der Waals surface area (Å²) in [4.78, 5) is 93.9. The van der Waals surface area contributed by atoms with Gasteiger partial charge in [0, 0.05) is 72.8 Å². The predicted octanol–water partition coefficient (Wildman–Crippen LogP) is 10.9. The number of non-ortho nitro benzene ring substituents is 6. The summed E-state index contributed by atoms with van der Waals surface area (Å²) in [6, 6.07) is 41.0. The Morgan fingerprint density at radius 1 is 0.236 bits per heavy atom. The van der Waals surface area contributed by atoms with Crippen molar-refractivity contribution in [3.63, 3.8) is 0 Å². The van der Waals surface area contributed by atoms with Gasteiger partial charge in [-0.05, 0) is 72.8 Å². The first kappa shape index (κ1) is 53.4. The van der Waals surface area contributed by atoms with Crippen molar-refractivity contribution in [1.82, 2.24) is 0 Å². The number of carbonyl (C=O) groups excluding carboxylic acids is 3. The maximum Gasteiger partial charge on any atom is 0.519 e. The van der Waals surface area contributed by atoms with E-state index in [2.05, 4.69) is 0 Å². The summed E-state index contributed by atoms with van der Waals surface area (Å²) >= 11 is 0. The first-order valence-electron chi connectivity index (χ1n) is 19.5. The molecule has 0 atom stereocenters. The molecule has 366 valence electrons. The van der Waals surface area contributed by atoms with Crippen molar-refractivity contribution in [2.75, 3.05) is 0 Å². The lowest BCUT2D eigenvalue weighted by Gasteiger charge is -2.05. The quantitative estimate of drug-likeness (QED) is 0.0475. The maximum atomic E-state index is 11.5. The second-order valence-corrected chi connectivity index (χ2v) is 13.0. The number of nitro benzene ring substituents is 6. The van der Waals surface area contributed by atoms with Crippen molar-refractivity contribution >= 4 is 52.6 Å². The highest BCUT2D eigenvalue weighted by Gasteiger charge is 2.15. The van der Waals surface area contributed by atoms with Crippen molar-refractivity contribution in [2.45, 2.75) is 0 Å². The van der Waals surface area contributed by atoms with Crippen LogP contribution in [0.15, 0.2) is 182 Å². The van der Waals surface area contributed by atoms with Gasteiger partial charge in [-0.15, -0.1) is 0 Å². The van der Waals surface area contributed by atoms with Gasteiger partial charge in [0.05, 0.1) is 29.5 Å². The molecular formula is C45H30N6O21. The molecule has 0 unspecified atom stereocenters. The minimum Gasteiger partial charge on any atom is -0.395 e. The molecule has 0 N–H and O–H groups in total. The Balaban J connectivity index is 0.000000221. The summed E-state index contributed by atoms with van der Waals surface area (Å²) < 4.78 is 28.9. The van der Waals surface area contributed by atoms with E-state index < -0.39 is 48.0 Å². The Kier molecular flexibility index (Phi) is 19.9. The van der Waals surface area contributed by atoms with Crippen LogP contribution in [0.5, 0.6) is 34.5 Å². The topological polar surface area (TPSA) is 365 Å². The number of nitrogens with zero attached hydrogens (tertiary/aromatic N) is 6. The van der Waals surface area contributed by atoms with Crippen molar-refractivity contribution in [2.24, 2.45) is 0 Å². The Morgan fingerprint density at radius 2 is 0.347 bits per heavy atom. The number of nitro groups is 6. The molecule has 27 nitrogen and oxygen atoms in total. The lowest BCUT2D eigenvalue weighted by atomic mass is 10.3. The summed E-state index contributed by atoms with van der Waals surface area (Å²) in [5.74, 6) is 0.403. The number of hydrogen-bond acceptors (Lipinski definition) is 21. The lowest BCUT2D eigenvalue weighted by Crippen LogP contribution is -2.13. The van der Waals surface area contributed by atoms with Gasteiger partial charge in [-0.1, -0.05) is 36.4 Å². The molecule has 0 bridgehead atoms. The molecule has 0 aliphatic heterocycles. The third-order valence-corrected chi connectivity index (χ3v) is 8.16. The summed E-state index contributed by atoms with van der Waals surface area (Å²) in [6.07, 6.45) is -3.20. The van der Waals surface area contributed by atoms with Crippen LogP contribution in [0.3, 0.4) is 0 Å². The van der Waals surface area contributed by atoms with E-state index in [-0.39, 0.29) is 68.6 Å². The van der Waals surface area contributed by atoms with Crippen LogP contribution in [0.1, 0.15) is 0 Å². The second-order valence-electron chi connectivity index (χ2n) is 13.0. The van der Waals surface area contributed by atoms with Gasteiger partial charge in [-0.25, -0.2) is 14.4 Å². The van der Waals surface area contributed by atoms with Crippen molar-refractivity contribution in [3.05, 3.63) is 243 Å². The molecule has 7 aromatic carbocycles. The van der Waals surface area contributed by atoms with E-state index >= 15 is 0 Å². The molecule has 0 aliphatic carbocycles. The molecule has 0 amide bonds. The van der Waals surface area contributed by atoms with Crippen LogP contribution in [0.25, 0.3) is 0 Å². The van der Waals surface area contributed by atoms with Crippen LogP contribution in [-0.4, -0.2) is 48.0 Å². The summed E-state index contributed by atoms with van der Waals surface area (Å²) in [6.45, 7) is 0. The van der Waals surface area contributed by atoms with Gasteiger partial charge in [0.25, 0.3) is 34.1 Å². The smallest absolute Gasteiger partial charge is 0.395 e. The molecule has 7 rings (SSSR count). The zero-order valence-electron chi connectivity index (χ0n) is 36.1. The van der Waals surface area contributed by atoms with E-state index in [1.807, 2.05) is 36.4 Å². The van der Waals surface area contributed by atoms with E-state index in [1.54, 1.807) is 0 Å². The first-order valence-corrected chi connectivity index (χ1v) is 19.5. The van der Waals surface area contributed by atoms with Crippen LogP contribution in [0.4, 0.5) is 48.5 Å². The number of ether oxygens (including phenoxy) is 6. The van der Waals surface area contributed by atoms with Crippen molar-refractivity contribution in [1.29, 1.82) is 0 Å². The SMILES string of the molecule is O=C(Oc1ccc([N+](=O)[O-])cc1)Oc1ccc([N+](=O)[O-])cc1.O=C(Oc1ccc([N+](=O)[O-])cc1)Oc1ccc([N+](=O)[O-])cc1.O=C(Oc1ccc([N+](=O)[O-])cc1)Oc1ccc([N+](=O)[O-])cc1.c1ccccc1. The third kappa shape index (κ3) is 18.6. The Hall–Kier alpha value is -11.3. The van der Waals surface area contributed by atoms with Gasteiger partial charge in [0.15, 0.2) is 0 Å². The lowest BCUT2D eigenvalue weighted by molar-refractivity contribution is -0.385. The Bertz CT molecular complexity index is 2480. The number of benzene rings is 7. The Labute approximate surface area is 401 Å². The molecule has 0 aliphatic rings. The van der Waals surface area contributed by atoms with Crippen molar-refractivity contribution in [3.8, 4) is 34.5 Å².